The van der Waals surface area contributed by atoms with E-state index in [1.165, 1.54) is 0 Å². The van der Waals surface area contributed by atoms with Crippen LogP contribution in [0.1, 0.15) is 121 Å². The van der Waals surface area contributed by atoms with Crippen LogP contribution in [-0.2, 0) is 61.9 Å². The molecular formula is C33H54O13. The predicted molar refractivity (Wildman–Crippen MR) is 164 cm³/mol. The summed E-state index contributed by atoms with van der Waals surface area (Å²) in [5, 5.41) is 0. The molecule has 1 aliphatic rings. The fourth-order valence-electron chi connectivity index (χ4n) is 4.13. The molecule has 0 aliphatic carbocycles. The van der Waals surface area contributed by atoms with E-state index in [9.17, 15) is 28.8 Å². The summed E-state index contributed by atoms with van der Waals surface area (Å²) in [7, 11) is 0. The third-order valence-corrected chi connectivity index (χ3v) is 6.64. The summed E-state index contributed by atoms with van der Waals surface area (Å²) in [5.74, 6) is -4.19. The number of carbonyl (C=O) groups is 6. The highest BCUT2D eigenvalue weighted by molar-refractivity contribution is 5.77. The van der Waals surface area contributed by atoms with Crippen LogP contribution in [0.15, 0.2) is 0 Å². The van der Waals surface area contributed by atoms with Crippen LogP contribution < -0.4 is 0 Å². The van der Waals surface area contributed by atoms with E-state index in [1.807, 2.05) is 0 Å². The Bertz CT molecular complexity index is 1010. The summed E-state index contributed by atoms with van der Waals surface area (Å²) in [4.78, 5) is 77.5. The summed E-state index contributed by atoms with van der Waals surface area (Å²) in [5.41, 5.74) is -2.12. The number of carbonyl (C=O) groups excluding carboxylic acids is 6. The quantitative estimate of drug-likeness (QED) is 0.127. The Kier molecular flexibility index (Phi) is 16.7. The van der Waals surface area contributed by atoms with Gasteiger partial charge in [0.05, 0.1) is 10.8 Å². The van der Waals surface area contributed by atoms with Crippen LogP contribution in [0, 0.1) is 10.8 Å². The molecule has 0 bridgehead atoms. The molecule has 0 aromatic carbocycles. The minimum atomic E-state index is -1.81. The Labute approximate surface area is 272 Å². The zero-order valence-corrected chi connectivity index (χ0v) is 29.1. The van der Waals surface area contributed by atoms with Crippen molar-refractivity contribution in [2.45, 2.75) is 157 Å². The molecule has 0 amide bonds. The monoisotopic (exact) mass is 658 g/mol. The maximum absolute atomic E-state index is 13.2. The minimum Gasteiger partial charge on any atom is -0.463 e. The third kappa shape index (κ3) is 13.3. The molecule has 13 heteroatoms. The van der Waals surface area contributed by atoms with Crippen molar-refractivity contribution in [3.05, 3.63) is 0 Å². The summed E-state index contributed by atoms with van der Waals surface area (Å²) in [6, 6.07) is 0. The molecule has 0 spiro atoms. The van der Waals surface area contributed by atoms with Crippen LogP contribution in [0.5, 0.6) is 0 Å². The largest absolute Gasteiger partial charge is 0.463 e. The second kappa shape index (κ2) is 18.8. The lowest BCUT2D eigenvalue weighted by atomic mass is 9.92. The van der Waals surface area contributed by atoms with E-state index in [2.05, 4.69) is 0 Å². The van der Waals surface area contributed by atoms with Gasteiger partial charge in [0.15, 0.2) is 24.4 Å². The van der Waals surface area contributed by atoms with Gasteiger partial charge in [0.1, 0.15) is 12.7 Å². The minimum absolute atomic E-state index is 0.00715. The van der Waals surface area contributed by atoms with Crippen molar-refractivity contribution in [3.8, 4) is 0 Å². The molecule has 13 nitrogen and oxygen atoms in total. The molecular weight excluding hydrogens is 604 g/mol. The van der Waals surface area contributed by atoms with Crippen molar-refractivity contribution in [3.63, 3.8) is 0 Å². The van der Waals surface area contributed by atoms with Crippen LogP contribution in [0.4, 0.5) is 0 Å². The fourth-order valence-corrected chi connectivity index (χ4v) is 4.13. The Hall–Kier alpha value is -3.22. The van der Waals surface area contributed by atoms with Gasteiger partial charge in [-0.3, -0.25) is 28.8 Å². The van der Waals surface area contributed by atoms with Gasteiger partial charge < -0.3 is 33.2 Å². The van der Waals surface area contributed by atoms with Crippen molar-refractivity contribution in [2.24, 2.45) is 10.8 Å². The lowest BCUT2D eigenvalue weighted by Gasteiger charge is -2.46. The van der Waals surface area contributed by atoms with E-state index in [4.69, 9.17) is 33.2 Å². The lowest BCUT2D eigenvalue weighted by molar-refractivity contribution is -0.296. The Morgan fingerprint density at radius 3 is 1.33 bits per heavy atom. The molecule has 0 N–H and O–H groups in total. The molecule has 264 valence electrons. The normalized spacial score (nSPS) is 21.6. The van der Waals surface area contributed by atoms with Crippen LogP contribution in [-0.4, -0.2) is 79.2 Å². The predicted octanol–water partition coefficient (Wildman–Crippen LogP) is 4.74. The molecule has 1 unspecified atom stereocenters. The second-order valence-electron chi connectivity index (χ2n) is 13.4. The second-order valence-corrected chi connectivity index (χ2v) is 13.4. The SMILES string of the molecule is CCCC(=O)OC[C@H]1OC(C(OC(=O)C(C)(C)C)OC(=O)C(C)(C)C)[C@@H](OC(=O)CCC)[C@@H](OC(=O)CCC)[C@@H]1OC(=O)CCC. The number of ether oxygens (including phenoxy) is 7. The molecule has 0 aromatic heterocycles. The Morgan fingerprint density at radius 1 is 0.565 bits per heavy atom. The molecule has 5 atom stereocenters. The lowest BCUT2D eigenvalue weighted by Crippen LogP contribution is -2.66. The van der Waals surface area contributed by atoms with E-state index in [-0.39, 0.29) is 25.7 Å². The highest BCUT2D eigenvalue weighted by Gasteiger charge is 2.57. The first-order chi connectivity index (χ1) is 21.4. The zero-order chi connectivity index (χ0) is 35.2. The van der Waals surface area contributed by atoms with Gasteiger partial charge in [-0.05, 0) is 67.2 Å². The molecule has 1 heterocycles. The average Bonchev–Trinajstić information content (AvgIpc) is 2.93. The van der Waals surface area contributed by atoms with Crippen LogP contribution in [0.2, 0.25) is 0 Å². The molecule has 0 aromatic rings. The number of rotatable bonds is 16. The van der Waals surface area contributed by atoms with Crippen LogP contribution in [0.25, 0.3) is 0 Å². The van der Waals surface area contributed by atoms with E-state index < -0.39 is 90.1 Å². The topological polar surface area (TPSA) is 167 Å². The molecule has 0 radical (unpaired) electrons. The summed E-state index contributed by atoms with van der Waals surface area (Å²) in [6.07, 6.45) is -7.41. The maximum Gasteiger partial charge on any atom is 0.314 e. The van der Waals surface area contributed by atoms with Gasteiger partial charge in [0.2, 0.25) is 0 Å². The van der Waals surface area contributed by atoms with Gasteiger partial charge >= 0.3 is 35.8 Å². The van der Waals surface area contributed by atoms with Crippen molar-refractivity contribution in [2.75, 3.05) is 6.61 Å². The van der Waals surface area contributed by atoms with E-state index in [0.29, 0.717) is 25.7 Å². The first-order valence-electron chi connectivity index (χ1n) is 16.2. The van der Waals surface area contributed by atoms with E-state index in [1.54, 1.807) is 69.2 Å². The van der Waals surface area contributed by atoms with Crippen molar-refractivity contribution >= 4 is 35.8 Å². The first kappa shape index (κ1) is 40.8. The molecule has 1 saturated heterocycles. The van der Waals surface area contributed by atoms with E-state index >= 15 is 0 Å². The van der Waals surface area contributed by atoms with Gasteiger partial charge in [-0.2, -0.15) is 0 Å². The van der Waals surface area contributed by atoms with Crippen molar-refractivity contribution in [1.29, 1.82) is 0 Å². The van der Waals surface area contributed by atoms with Crippen LogP contribution in [0.3, 0.4) is 0 Å². The number of hydrogen-bond acceptors (Lipinski definition) is 13. The highest BCUT2D eigenvalue weighted by Crippen LogP contribution is 2.34. The van der Waals surface area contributed by atoms with Gasteiger partial charge in [-0.25, -0.2) is 0 Å². The zero-order valence-electron chi connectivity index (χ0n) is 29.1. The van der Waals surface area contributed by atoms with Crippen molar-refractivity contribution < 1.29 is 61.9 Å². The summed E-state index contributed by atoms with van der Waals surface area (Å²) in [6.45, 7) is 16.1. The number of esters is 6. The standard InChI is InChI=1S/C33H54O13/c1-11-15-21(34)40-19-20-25(42-22(35)16-12-2)26(43-23(36)17-13-3)27(44-24(37)18-14-4)28(41-20)29(45-30(38)32(5,6)7)46-31(39)33(8,9)10/h20,25-29H,11-19H2,1-10H3/t20-,25-,26+,27+,28?/m1/s1. The van der Waals surface area contributed by atoms with Gasteiger partial charge in [-0.1, -0.05) is 27.7 Å². The summed E-state index contributed by atoms with van der Waals surface area (Å²) < 4.78 is 40.5. The van der Waals surface area contributed by atoms with Gasteiger partial charge in [0.25, 0.3) is 6.29 Å². The molecule has 46 heavy (non-hydrogen) atoms. The Balaban J connectivity index is 3.91. The highest BCUT2D eigenvalue weighted by atomic mass is 16.7. The Morgan fingerprint density at radius 2 is 0.935 bits per heavy atom. The van der Waals surface area contributed by atoms with Gasteiger partial charge in [-0.15, -0.1) is 0 Å². The first-order valence-corrected chi connectivity index (χ1v) is 16.2. The van der Waals surface area contributed by atoms with Crippen LogP contribution >= 0.6 is 0 Å². The molecule has 0 saturated carbocycles. The maximum atomic E-state index is 13.2. The third-order valence-electron chi connectivity index (χ3n) is 6.64. The van der Waals surface area contributed by atoms with Crippen molar-refractivity contribution in [1.82, 2.24) is 0 Å². The molecule has 1 fully saturated rings. The average molecular weight is 659 g/mol. The molecule has 1 rings (SSSR count). The van der Waals surface area contributed by atoms with Gasteiger partial charge in [0, 0.05) is 25.7 Å². The molecule has 1 aliphatic heterocycles. The summed E-state index contributed by atoms with van der Waals surface area (Å²) >= 11 is 0. The van der Waals surface area contributed by atoms with E-state index in [0.717, 1.165) is 0 Å². The fraction of sp³-hybridized carbons (Fsp3) is 0.818. The number of hydrogen-bond donors (Lipinski definition) is 0. The smallest absolute Gasteiger partial charge is 0.314 e.